The van der Waals surface area contributed by atoms with E-state index < -0.39 is 0 Å². The van der Waals surface area contributed by atoms with Gasteiger partial charge >= 0.3 is 0 Å². The molecule has 0 aliphatic carbocycles. The van der Waals surface area contributed by atoms with Crippen LogP contribution in [0, 0.1) is 5.92 Å². The Kier molecular flexibility index (Phi) is 5.20. The van der Waals surface area contributed by atoms with Crippen LogP contribution in [0.2, 0.25) is 5.02 Å². The number of rotatable bonds is 5. The number of hydrogen-bond acceptors (Lipinski definition) is 3. The Morgan fingerprint density at radius 3 is 3.04 bits per heavy atom. The molecule has 23 heavy (non-hydrogen) atoms. The van der Waals surface area contributed by atoms with E-state index in [0.717, 1.165) is 43.4 Å². The van der Waals surface area contributed by atoms with E-state index in [-0.39, 0.29) is 12.5 Å². The SMILES string of the molecule is O=C(NCCN1CCCC(CO)C1)c1[nH]c2ccccc2c1Cl. The van der Waals surface area contributed by atoms with Crippen molar-refractivity contribution in [3.8, 4) is 0 Å². The number of para-hydroxylation sites is 1. The van der Waals surface area contributed by atoms with Gasteiger partial charge in [-0.1, -0.05) is 29.8 Å². The highest BCUT2D eigenvalue weighted by Crippen LogP contribution is 2.26. The third-order valence-electron chi connectivity index (χ3n) is 4.44. The van der Waals surface area contributed by atoms with Gasteiger partial charge in [0.25, 0.3) is 5.91 Å². The van der Waals surface area contributed by atoms with Crippen molar-refractivity contribution >= 4 is 28.4 Å². The summed E-state index contributed by atoms with van der Waals surface area (Å²) < 4.78 is 0. The highest BCUT2D eigenvalue weighted by Gasteiger charge is 2.20. The van der Waals surface area contributed by atoms with Crippen LogP contribution in [0.4, 0.5) is 0 Å². The fourth-order valence-corrected chi connectivity index (χ4v) is 3.48. The maximum atomic E-state index is 12.3. The van der Waals surface area contributed by atoms with E-state index in [1.807, 2.05) is 24.3 Å². The first-order valence-corrected chi connectivity index (χ1v) is 8.44. The molecule has 2 heterocycles. The summed E-state index contributed by atoms with van der Waals surface area (Å²) in [6, 6.07) is 7.61. The molecule has 1 aliphatic heterocycles. The predicted molar refractivity (Wildman–Crippen MR) is 91.9 cm³/mol. The van der Waals surface area contributed by atoms with Gasteiger partial charge in [-0.3, -0.25) is 4.79 Å². The van der Waals surface area contributed by atoms with Crippen LogP contribution in [0.5, 0.6) is 0 Å². The first-order chi connectivity index (χ1) is 11.2. The number of nitrogens with one attached hydrogen (secondary N) is 2. The molecule has 1 aliphatic rings. The van der Waals surface area contributed by atoms with Crippen LogP contribution in [-0.4, -0.2) is 53.7 Å². The molecule has 5 nitrogen and oxygen atoms in total. The monoisotopic (exact) mass is 335 g/mol. The van der Waals surface area contributed by atoms with E-state index in [2.05, 4.69) is 15.2 Å². The van der Waals surface area contributed by atoms with Gasteiger partial charge in [0.1, 0.15) is 5.69 Å². The first-order valence-electron chi connectivity index (χ1n) is 8.06. The zero-order chi connectivity index (χ0) is 16.2. The van der Waals surface area contributed by atoms with Crippen LogP contribution in [0.15, 0.2) is 24.3 Å². The minimum atomic E-state index is -0.179. The van der Waals surface area contributed by atoms with Crippen molar-refractivity contribution in [1.82, 2.24) is 15.2 Å². The second kappa shape index (κ2) is 7.34. The number of amides is 1. The van der Waals surface area contributed by atoms with Crippen LogP contribution in [0.25, 0.3) is 10.9 Å². The van der Waals surface area contributed by atoms with E-state index in [0.29, 0.717) is 23.2 Å². The number of aliphatic hydroxyl groups is 1. The third-order valence-corrected chi connectivity index (χ3v) is 4.84. The summed E-state index contributed by atoms with van der Waals surface area (Å²) in [6.45, 7) is 3.54. The maximum Gasteiger partial charge on any atom is 0.269 e. The van der Waals surface area contributed by atoms with Crippen molar-refractivity contribution in [2.75, 3.05) is 32.8 Å². The number of benzene rings is 1. The molecule has 1 unspecified atom stereocenters. The lowest BCUT2D eigenvalue weighted by Crippen LogP contribution is -2.41. The Hall–Kier alpha value is -1.56. The zero-order valence-corrected chi connectivity index (χ0v) is 13.8. The number of carbonyl (C=O) groups excluding carboxylic acids is 1. The Balaban J connectivity index is 1.55. The molecule has 1 aromatic heterocycles. The number of aromatic nitrogens is 1. The number of nitrogens with zero attached hydrogens (tertiary/aromatic N) is 1. The van der Waals surface area contributed by atoms with Crippen molar-refractivity contribution in [3.63, 3.8) is 0 Å². The summed E-state index contributed by atoms with van der Waals surface area (Å²) in [5.41, 5.74) is 1.28. The number of likely N-dealkylation sites (tertiary alicyclic amines) is 1. The van der Waals surface area contributed by atoms with E-state index in [1.165, 1.54) is 0 Å². The molecular formula is C17H22ClN3O2. The van der Waals surface area contributed by atoms with Crippen LogP contribution in [0.3, 0.4) is 0 Å². The van der Waals surface area contributed by atoms with Crippen LogP contribution < -0.4 is 5.32 Å². The fraction of sp³-hybridized carbons (Fsp3) is 0.471. The molecule has 0 saturated carbocycles. The molecule has 0 spiro atoms. The number of aliphatic hydroxyl groups excluding tert-OH is 1. The second-order valence-electron chi connectivity index (χ2n) is 6.11. The van der Waals surface area contributed by atoms with Gasteiger partial charge in [0.05, 0.1) is 5.02 Å². The Bertz CT molecular complexity index is 686. The summed E-state index contributed by atoms with van der Waals surface area (Å²) in [7, 11) is 0. The summed E-state index contributed by atoms with van der Waals surface area (Å²) in [4.78, 5) is 17.7. The smallest absolute Gasteiger partial charge is 0.269 e. The maximum absolute atomic E-state index is 12.3. The minimum absolute atomic E-state index is 0.179. The predicted octanol–water partition coefficient (Wildman–Crippen LogP) is 2.26. The van der Waals surface area contributed by atoms with E-state index in [4.69, 9.17) is 11.6 Å². The van der Waals surface area contributed by atoms with Crippen molar-refractivity contribution in [2.45, 2.75) is 12.8 Å². The van der Waals surface area contributed by atoms with Crippen molar-refractivity contribution < 1.29 is 9.90 Å². The molecule has 3 N–H and O–H groups in total. The highest BCUT2D eigenvalue weighted by atomic mass is 35.5. The molecule has 1 fully saturated rings. The van der Waals surface area contributed by atoms with Gasteiger partial charge < -0.3 is 20.3 Å². The zero-order valence-electron chi connectivity index (χ0n) is 13.0. The normalized spacial score (nSPS) is 19.1. The highest BCUT2D eigenvalue weighted by molar-refractivity contribution is 6.38. The fourth-order valence-electron chi connectivity index (χ4n) is 3.18. The molecule has 124 valence electrons. The van der Waals surface area contributed by atoms with Gasteiger partial charge in [0, 0.05) is 37.1 Å². The molecule has 2 aromatic rings. The quantitative estimate of drug-likeness (QED) is 0.785. The van der Waals surface area contributed by atoms with Crippen LogP contribution in [0.1, 0.15) is 23.3 Å². The standard InChI is InChI=1S/C17H22ClN3O2/c18-15-13-5-1-2-6-14(13)20-16(15)17(23)19-7-9-21-8-3-4-12(10-21)11-22/h1-2,5-6,12,20,22H,3-4,7-11H2,(H,19,23). The molecule has 1 amide bonds. The number of fused-ring (bicyclic) bond motifs is 1. The molecule has 1 atom stereocenters. The number of hydrogen-bond donors (Lipinski definition) is 3. The Labute approximate surface area is 140 Å². The van der Waals surface area contributed by atoms with Gasteiger partial charge in [0.15, 0.2) is 0 Å². The molecule has 0 bridgehead atoms. The van der Waals surface area contributed by atoms with E-state index in [1.54, 1.807) is 0 Å². The van der Waals surface area contributed by atoms with Gasteiger partial charge in [0.2, 0.25) is 0 Å². The summed E-state index contributed by atoms with van der Waals surface area (Å²) in [5.74, 6) is 0.185. The average Bonchev–Trinajstić information content (AvgIpc) is 2.92. The molecule has 1 aromatic carbocycles. The minimum Gasteiger partial charge on any atom is -0.396 e. The topological polar surface area (TPSA) is 68.4 Å². The lowest BCUT2D eigenvalue weighted by atomic mass is 9.99. The molecule has 0 radical (unpaired) electrons. The van der Waals surface area contributed by atoms with Gasteiger partial charge in [-0.15, -0.1) is 0 Å². The van der Waals surface area contributed by atoms with Gasteiger partial charge in [-0.2, -0.15) is 0 Å². The molecule has 1 saturated heterocycles. The first kappa shape index (κ1) is 16.3. The van der Waals surface area contributed by atoms with Crippen molar-refractivity contribution in [3.05, 3.63) is 35.0 Å². The molecular weight excluding hydrogens is 314 g/mol. The summed E-state index contributed by atoms with van der Waals surface area (Å²) in [6.07, 6.45) is 2.19. The summed E-state index contributed by atoms with van der Waals surface area (Å²) in [5, 5.41) is 13.5. The molecule has 3 rings (SSSR count). The van der Waals surface area contributed by atoms with Crippen LogP contribution in [-0.2, 0) is 0 Å². The van der Waals surface area contributed by atoms with E-state index in [9.17, 15) is 9.90 Å². The number of piperidine rings is 1. The number of halogens is 1. The lowest BCUT2D eigenvalue weighted by Gasteiger charge is -2.31. The lowest BCUT2D eigenvalue weighted by molar-refractivity contribution is 0.0927. The van der Waals surface area contributed by atoms with Crippen molar-refractivity contribution in [1.29, 1.82) is 0 Å². The Morgan fingerprint density at radius 2 is 2.26 bits per heavy atom. The van der Waals surface area contributed by atoms with Gasteiger partial charge in [-0.25, -0.2) is 0 Å². The number of H-pyrrole nitrogens is 1. The third kappa shape index (κ3) is 3.68. The Morgan fingerprint density at radius 1 is 1.43 bits per heavy atom. The van der Waals surface area contributed by atoms with Crippen molar-refractivity contribution in [2.24, 2.45) is 5.92 Å². The second-order valence-corrected chi connectivity index (χ2v) is 6.48. The number of aromatic amines is 1. The molecule has 6 heteroatoms. The average molecular weight is 336 g/mol. The number of carbonyl (C=O) groups is 1. The van der Waals surface area contributed by atoms with Gasteiger partial charge in [-0.05, 0) is 31.4 Å². The van der Waals surface area contributed by atoms with E-state index >= 15 is 0 Å². The largest absolute Gasteiger partial charge is 0.396 e. The summed E-state index contributed by atoms with van der Waals surface area (Å²) >= 11 is 6.29. The van der Waals surface area contributed by atoms with Crippen LogP contribution >= 0.6 is 11.6 Å².